The van der Waals surface area contributed by atoms with E-state index in [0.717, 1.165) is 30.0 Å². The highest BCUT2D eigenvalue weighted by Gasteiger charge is 2.15. The summed E-state index contributed by atoms with van der Waals surface area (Å²) < 4.78 is 0. The van der Waals surface area contributed by atoms with Gasteiger partial charge in [-0.2, -0.15) is 5.26 Å². The molecule has 1 nitrogen and oxygen atoms in total. The third-order valence-electron chi connectivity index (χ3n) is 4.91. The molecule has 0 heterocycles. The van der Waals surface area contributed by atoms with E-state index in [0.29, 0.717) is 0 Å². The van der Waals surface area contributed by atoms with Crippen LogP contribution in [-0.4, -0.2) is 0 Å². The molecule has 0 N–H and O–H groups in total. The number of hydrogen-bond acceptors (Lipinski definition) is 4. The molecule has 4 heteroatoms. The molecule has 0 unspecified atom stereocenters. The van der Waals surface area contributed by atoms with Gasteiger partial charge in [0, 0.05) is 29.4 Å². The van der Waals surface area contributed by atoms with Crippen LogP contribution in [0.3, 0.4) is 0 Å². The summed E-state index contributed by atoms with van der Waals surface area (Å²) in [4.78, 5) is 6.58. The zero-order valence-electron chi connectivity index (χ0n) is 18.3. The first kappa shape index (κ1) is 22.6. The van der Waals surface area contributed by atoms with Gasteiger partial charge in [-0.05, 0) is 69.3 Å². The lowest BCUT2D eigenvalue weighted by Gasteiger charge is -2.13. The average Bonchev–Trinajstić information content (AvgIpc) is 2.78. The third-order valence-corrected chi connectivity index (χ3v) is 7.98. The van der Waals surface area contributed by atoms with Crippen molar-refractivity contribution < 1.29 is 0 Å². The molecule has 0 aromatic heterocycles. The fourth-order valence-corrected chi connectivity index (χ4v) is 6.16. The molecule has 4 rings (SSSR count). The van der Waals surface area contributed by atoms with Crippen LogP contribution < -0.4 is 0 Å². The lowest BCUT2D eigenvalue weighted by atomic mass is 10.2. The van der Waals surface area contributed by atoms with Crippen LogP contribution in [0.25, 0.3) is 0 Å². The molecule has 32 heavy (non-hydrogen) atoms. The van der Waals surface area contributed by atoms with Crippen LogP contribution in [0.4, 0.5) is 0 Å². The van der Waals surface area contributed by atoms with Gasteiger partial charge in [0.05, 0.1) is 5.56 Å². The van der Waals surface area contributed by atoms with Gasteiger partial charge in [0.15, 0.2) is 0 Å². The van der Waals surface area contributed by atoms with E-state index in [1.807, 2.05) is 0 Å². The van der Waals surface area contributed by atoms with E-state index in [1.165, 1.54) is 21.6 Å². The molecule has 0 radical (unpaired) electrons. The standard InChI is InChI=1S/C28H23NS3/c1-19-4-10-22(11-5-19)30-25-16-27(31-23-12-6-20(2)7-13-23)26(18-29)28(17-25)32-24-14-8-21(3)9-15-24/h4-17H,1-3H3. The van der Waals surface area contributed by atoms with Crippen LogP contribution >= 0.6 is 35.3 Å². The quantitative estimate of drug-likeness (QED) is 0.281. The molecule has 0 spiro atoms. The highest BCUT2D eigenvalue weighted by molar-refractivity contribution is 8.01. The lowest BCUT2D eigenvalue weighted by Crippen LogP contribution is -1.89. The first-order valence-electron chi connectivity index (χ1n) is 10.3. The maximum atomic E-state index is 10.1. The Morgan fingerprint density at radius 3 is 1.19 bits per heavy atom. The van der Waals surface area contributed by atoms with Crippen molar-refractivity contribution in [3.63, 3.8) is 0 Å². The molecule has 0 atom stereocenters. The number of rotatable bonds is 6. The fourth-order valence-electron chi connectivity index (χ4n) is 3.10. The van der Waals surface area contributed by atoms with Crippen LogP contribution in [0, 0.1) is 32.1 Å². The van der Waals surface area contributed by atoms with Crippen LogP contribution in [0.1, 0.15) is 22.3 Å². The van der Waals surface area contributed by atoms with Crippen LogP contribution in [-0.2, 0) is 0 Å². The smallest absolute Gasteiger partial charge is 0.102 e. The molecule has 158 valence electrons. The Morgan fingerprint density at radius 1 is 0.500 bits per heavy atom. The summed E-state index contributed by atoms with van der Waals surface area (Å²) >= 11 is 5.04. The van der Waals surface area contributed by atoms with Crippen molar-refractivity contribution in [2.75, 3.05) is 0 Å². The number of hydrogen-bond donors (Lipinski definition) is 0. The molecule has 0 saturated carbocycles. The van der Waals surface area contributed by atoms with E-state index in [-0.39, 0.29) is 0 Å². The van der Waals surface area contributed by atoms with Crippen molar-refractivity contribution in [3.8, 4) is 6.07 Å². The first-order chi connectivity index (χ1) is 15.5. The van der Waals surface area contributed by atoms with E-state index in [4.69, 9.17) is 0 Å². The zero-order valence-corrected chi connectivity index (χ0v) is 20.7. The van der Waals surface area contributed by atoms with Crippen molar-refractivity contribution in [2.24, 2.45) is 0 Å². The van der Waals surface area contributed by atoms with E-state index in [9.17, 15) is 5.26 Å². The maximum absolute atomic E-state index is 10.1. The second-order valence-corrected chi connectivity index (χ2v) is 11.0. The van der Waals surface area contributed by atoms with Crippen molar-refractivity contribution in [1.82, 2.24) is 0 Å². The van der Waals surface area contributed by atoms with Gasteiger partial charge in [0.1, 0.15) is 6.07 Å². The number of benzene rings is 4. The van der Waals surface area contributed by atoms with Gasteiger partial charge in [0.2, 0.25) is 0 Å². The molecule has 0 fully saturated rings. The molecule has 4 aromatic carbocycles. The summed E-state index contributed by atoms with van der Waals surface area (Å²) in [6.07, 6.45) is 0. The Morgan fingerprint density at radius 2 is 0.844 bits per heavy atom. The summed E-state index contributed by atoms with van der Waals surface area (Å²) in [5.41, 5.74) is 4.44. The minimum Gasteiger partial charge on any atom is -0.192 e. The Balaban J connectivity index is 1.74. The predicted molar refractivity (Wildman–Crippen MR) is 137 cm³/mol. The van der Waals surface area contributed by atoms with Gasteiger partial charge in [-0.3, -0.25) is 0 Å². The second kappa shape index (κ2) is 10.4. The Kier molecular flexibility index (Phi) is 7.32. The minimum atomic E-state index is 0.731. The van der Waals surface area contributed by atoms with Crippen molar-refractivity contribution in [3.05, 3.63) is 107 Å². The zero-order chi connectivity index (χ0) is 22.5. The topological polar surface area (TPSA) is 23.8 Å². The largest absolute Gasteiger partial charge is 0.192 e. The van der Waals surface area contributed by atoms with E-state index in [2.05, 4.69) is 112 Å². The lowest BCUT2D eigenvalue weighted by molar-refractivity contribution is 1.18. The van der Waals surface area contributed by atoms with E-state index >= 15 is 0 Å². The monoisotopic (exact) mass is 469 g/mol. The number of nitrogens with zero attached hydrogens (tertiary/aromatic N) is 1. The van der Waals surface area contributed by atoms with Crippen LogP contribution in [0.2, 0.25) is 0 Å². The Bertz CT molecular complexity index is 1180. The van der Waals surface area contributed by atoms with Gasteiger partial charge >= 0.3 is 0 Å². The minimum absolute atomic E-state index is 0.731. The summed E-state index contributed by atoms with van der Waals surface area (Å²) in [6, 6.07) is 32.3. The molecule has 0 aliphatic heterocycles. The summed E-state index contributed by atoms with van der Waals surface area (Å²) in [7, 11) is 0. The third kappa shape index (κ3) is 5.81. The van der Waals surface area contributed by atoms with E-state index in [1.54, 1.807) is 35.3 Å². The normalized spacial score (nSPS) is 10.7. The molecule has 0 saturated heterocycles. The maximum Gasteiger partial charge on any atom is 0.102 e. The first-order valence-corrected chi connectivity index (χ1v) is 12.8. The predicted octanol–water partition coefficient (Wildman–Crippen LogP) is 8.94. The van der Waals surface area contributed by atoms with Crippen LogP contribution in [0.5, 0.6) is 0 Å². The number of nitriles is 1. The van der Waals surface area contributed by atoms with Gasteiger partial charge in [-0.1, -0.05) is 88.4 Å². The molecule has 0 aliphatic carbocycles. The average molecular weight is 470 g/mol. The van der Waals surface area contributed by atoms with Crippen molar-refractivity contribution in [1.29, 1.82) is 5.26 Å². The molecule has 0 amide bonds. The molecular formula is C28H23NS3. The summed E-state index contributed by atoms with van der Waals surface area (Å²) in [6.45, 7) is 6.28. The Labute approximate surface area is 203 Å². The van der Waals surface area contributed by atoms with Gasteiger partial charge in [-0.25, -0.2) is 0 Å². The van der Waals surface area contributed by atoms with Gasteiger partial charge < -0.3 is 0 Å². The van der Waals surface area contributed by atoms with Crippen LogP contribution in [0.15, 0.2) is 114 Å². The van der Waals surface area contributed by atoms with Gasteiger partial charge in [-0.15, -0.1) is 0 Å². The van der Waals surface area contributed by atoms with Crippen molar-refractivity contribution >= 4 is 35.3 Å². The number of aryl methyl sites for hydroxylation is 3. The highest BCUT2D eigenvalue weighted by Crippen LogP contribution is 2.42. The highest BCUT2D eigenvalue weighted by atomic mass is 32.2. The van der Waals surface area contributed by atoms with E-state index < -0.39 is 0 Å². The summed E-state index contributed by atoms with van der Waals surface area (Å²) in [5.74, 6) is 0. The SMILES string of the molecule is Cc1ccc(Sc2cc(Sc3ccc(C)cc3)c(C#N)c(Sc3ccc(C)cc3)c2)cc1. The summed E-state index contributed by atoms with van der Waals surface area (Å²) in [5, 5.41) is 10.1. The molecule has 0 bridgehead atoms. The Hall–Kier alpha value is -2.58. The molecular weight excluding hydrogens is 447 g/mol. The van der Waals surface area contributed by atoms with Gasteiger partial charge in [0.25, 0.3) is 0 Å². The second-order valence-electron chi connectivity index (χ2n) is 7.65. The fraction of sp³-hybridized carbons (Fsp3) is 0.107. The molecule has 0 aliphatic rings. The molecule has 4 aromatic rings. The van der Waals surface area contributed by atoms with Crippen molar-refractivity contribution in [2.45, 2.75) is 50.1 Å².